The van der Waals surface area contributed by atoms with Gasteiger partial charge in [-0.05, 0) is 55.2 Å². The van der Waals surface area contributed by atoms with Gasteiger partial charge in [0.15, 0.2) is 0 Å². The first-order valence-corrected chi connectivity index (χ1v) is 8.25. The number of halogens is 1. The molecule has 0 spiro atoms. The summed E-state index contributed by atoms with van der Waals surface area (Å²) in [5, 5.41) is 9.87. The van der Waals surface area contributed by atoms with Crippen molar-refractivity contribution in [2.75, 3.05) is 0 Å². The van der Waals surface area contributed by atoms with Crippen molar-refractivity contribution in [1.82, 2.24) is 0 Å². The number of hydrogen-bond donors (Lipinski definition) is 1. The molecule has 1 N–H and O–H groups in total. The molecule has 0 bridgehead atoms. The highest BCUT2D eigenvalue weighted by atomic mass is 19.1. The number of aromatic hydroxyl groups is 1. The Morgan fingerprint density at radius 2 is 1.95 bits per heavy atom. The van der Waals surface area contributed by atoms with Gasteiger partial charge in [-0.15, -0.1) is 0 Å². The predicted octanol–water partition coefficient (Wildman–Crippen LogP) is 6.06. The van der Waals surface area contributed by atoms with Gasteiger partial charge in [-0.25, -0.2) is 4.39 Å². The molecule has 1 aliphatic carbocycles. The van der Waals surface area contributed by atoms with Crippen LogP contribution < -0.4 is 0 Å². The van der Waals surface area contributed by atoms with E-state index in [-0.39, 0.29) is 17.5 Å². The number of aryl methyl sites for hydroxylation is 1. The summed E-state index contributed by atoms with van der Waals surface area (Å²) < 4.78 is 14.3. The first-order valence-electron chi connectivity index (χ1n) is 8.25. The van der Waals surface area contributed by atoms with Gasteiger partial charge in [0.05, 0.1) is 0 Å². The summed E-state index contributed by atoms with van der Waals surface area (Å²) >= 11 is 0. The average molecular weight is 304 g/mol. The van der Waals surface area contributed by atoms with E-state index in [1.165, 1.54) is 0 Å². The molecule has 0 amide bonds. The Morgan fingerprint density at radius 3 is 2.45 bits per heavy atom. The number of hydrogen-bond acceptors (Lipinski definition) is 1. The lowest BCUT2D eigenvalue weighted by Crippen LogP contribution is -2.03. The van der Waals surface area contributed by atoms with E-state index in [1.54, 1.807) is 12.1 Å². The first-order chi connectivity index (χ1) is 10.4. The van der Waals surface area contributed by atoms with E-state index in [0.717, 1.165) is 55.2 Å². The minimum atomic E-state index is -0.160. The Kier molecular flexibility index (Phi) is 7.37. The Hall–Kier alpha value is -1.57. The second-order valence-electron chi connectivity index (χ2n) is 6.19. The molecule has 0 unspecified atom stereocenters. The number of phenols is 1. The lowest BCUT2D eigenvalue weighted by Gasteiger charge is -2.15. The van der Waals surface area contributed by atoms with Crippen molar-refractivity contribution < 1.29 is 9.50 Å². The van der Waals surface area contributed by atoms with Gasteiger partial charge in [0.1, 0.15) is 11.6 Å². The molecule has 1 nitrogen and oxygen atoms in total. The minimum Gasteiger partial charge on any atom is -0.508 e. The van der Waals surface area contributed by atoms with Gasteiger partial charge in [-0.2, -0.15) is 0 Å². The summed E-state index contributed by atoms with van der Waals surface area (Å²) in [4.78, 5) is 0. The van der Waals surface area contributed by atoms with Crippen LogP contribution in [0.4, 0.5) is 4.39 Å². The molecule has 0 aromatic heterocycles. The average Bonchev–Trinajstić information content (AvgIpc) is 2.72. The van der Waals surface area contributed by atoms with Crippen LogP contribution in [0.1, 0.15) is 69.1 Å². The van der Waals surface area contributed by atoms with Crippen molar-refractivity contribution in [2.24, 2.45) is 0 Å². The molecule has 0 heterocycles. The topological polar surface area (TPSA) is 20.2 Å². The maximum Gasteiger partial charge on any atom is 0.133 e. The monoisotopic (exact) mass is 304 g/mol. The van der Waals surface area contributed by atoms with Crippen molar-refractivity contribution in [2.45, 2.75) is 65.2 Å². The SMILES string of the molecule is C=CC(=C)CC.CC(C)c1c(O)cc2c(c1F)CCCCC2. The van der Waals surface area contributed by atoms with Crippen molar-refractivity contribution in [3.63, 3.8) is 0 Å². The van der Waals surface area contributed by atoms with E-state index in [9.17, 15) is 9.50 Å². The summed E-state index contributed by atoms with van der Waals surface area (Å²) in [6, 6.07) is 1.78. The first kappa shape index (κ1) is 18.5. The summed E-state index contributed by atoms with van der Waals surface area (Å²) in [7, 11) is 0. The van der Waals surface area contributed by atoms with E-state index in [4.69, 9.17) is 0 Å². The molecular weight excluding hydrogens is 275 g/mol. The Labute approximate surface area is 134 Å². The third kappa shape index (κ3) is 4.72. The zero-order valence-electron chi connectivity index (χ0n) is 14.2. The molecule has 0 atom stereocenters. The largest absolute Gasteiger partial charge is 0.508 e. The lowest BCUT2D eigenvalue weighted by atomic mass is 9.93. The standard InChI is InChI=1S/C14H19FO.C6H10/c1-9(2)13-12(16)8-10-6-4-3-5-7-11(10)14(13)15;1-4-6(3)5-2/h8-9,16H,3-7H2,1-2H3;4H,1,3,5H2,2H3. The normalized spacial score (nSPS) is 13.7. The quantitative estimate of drug-likeness (QED) is 0.531. The zero-order chi connectivity index (χ0) is 16.7. The van der Waals surface area contributed by atoms with Gasteiger partial charge in [0.25, 0.3) is 0 Å². The summed E-state index contributed by atoms with van der Waals surface area (Å²) in [5.74, 6) is 0.00797. The lowest BCUT2D eigenvalue weighted by molar-refractivity contribution is 0.450. The molecule has 22 heavy (non-hydrogen) atoms. The third-order valence-corrected chi connectivity index (χ3v) is 4.17. The summed E-state index contributed by atoms with van der Waals surface area (Å²) in [6.45, 7) is 13.1. The maximum absolute atomic E-state index is 14.3. The van der Waals surface area contributed by atoms with Crippen molar-refractivity contribution in [3.8, 4) is 5.75 Å². The van der Waals surface area contributed by atoms with Crippen LogP contribution in [0, 0.1) is 5.82 Å². The van der Waals surface area contributed by atoms with Crippen molar-refractivity contribution in [3.05, 3.63) is 53.4 Å². The van der Waals surface area contributed by atoms with E-state index in [1.807, 2.05) is 13.8 Å². The fourth-order valence-corrected chi connectivity index (χ4v) is 2.73. The molecule has 0 saturated heterocycles. The summed E-state index contributed by atoms with van der Waals surface area (Å²) in [6.07, 6.45) is 7.84. The fourth-order valence-electron chi connectivity index (χ4n) is 2.73. The summed E-state index contributed by atoms with van der Waals surface area (Å²) in [5.41, 5.74) is 3.45. The van der Waals surface area contributed by atoms with E-state index in [2.05, 4.69) is 20.1 Å². The number of fused-ring (bicyclic) bond motifs is 1. The molecule has 1 aromatic carbocycles. The van der Waals surface area contributed by atoms with Crippen LogP contribution in [-0.4, -0.2) is 5.11 Å². The van der Waals surface area contributed by atoms with E-state index < -0.39 is 0 Å². The van der Waals surface area contributed by atoms with E-state index in [0.29, 0.717) is 5.56 Å². The molecule has 122 valence electrons. The number of allylic oxidation sites excluding steroid dienone is 2. The molecule has 2 heteroatoms. The van der Waals surface area contributed by atoms with Gasteiger partial charge < -0.3 is 5.11 Å². The molecule has 2 rings (SSSR count). The Bertz CT molecular complexity index is 529. The second kappa shape index (κ2) is 8.77. The fraction of sp³-hybridized carbons (Fsp3) is 0.500. The van der Waals surface area contributed by atoms with E-state index >= 15 is 0 Å². The third-order valence-electron chi connectivity index (χ3n) is 4.17. The van der Waals surface area contributed by atoms with Crippen molar-refractivity contribution >= 4 is 0 Å². The number of rotatable bonds is 3. The number of phenolic OH excluding ortho intramolecular Hbond substituents is 1. The molecule has 1 aliphatic rings. The molecule has 0 fully saturated rings. The highest BCUT2D eigenvalue weighted by Gasteiger charge is 2.20. The second-order valence-corrected chi connectivity index (χ2v) is 6.19. The van der Waals surface area contributed by atoms with Crippen LogP contribution in [0.15, 0.2) is 30.9 Å². The van der Waals surface area contributed by atoms with Gasteiger partial charge in [-0.3, -0.25) is 0 Å². The predicted molar refractivity (Wildman–Crippen MR) is 93.0 cm³/mol. The minimum absolute atomic E-state index is 0.0357. The highest BCUT2D eigenvalue weighted by molar-refractivity contribution is 5.45. The molecule has 1 aromatic rings. The van der Waals surface area contributed by atoms with Gasteiger partial charge in [0, 0.05) is 5.56 Å². The van der Waals surface area contributed by atoms with Crippen LogP contribution >= 0.6 is 0 Å². The Balaban J connectivity index is 0.000000346. The van der Waals surface area contributed by atoms with Crippen LogP contribution in [0.3, 0.4) is 0 Å². The van der Waals surface area contributed by atoms with Crippen LogP contribution in [0.5, 0.6) is 5.75 Å². The highest BCUT2D eigenvalue weighted by Crippen LogP contribution is 2.35. The van der Waals surface area contributed by atoms with Crippen LogP contribution in [-0.2, 0) is 12.8 Å². The number of benzene rings is 1. The van der Waals surface area contributed by atoms with Crippen LogP contribution in [0.25, 0.3) is 0 Å². The van der Waals surface area contributed by atoms with Crippen molar-refractivity contribution in [1.29, 1.82) is 0 Å². The van der Waals surface area contributed by atoms with Gasteiger partial charge in [-0.1, -0.05) is 52.0 Å². The Morgan fingerprint density at radius 1 is 1.32 bits per heavy atom. The van der Waals surface area contributed by atoms with Gasteiger partial charge in [0.2, 0.25) is 0 Å². The van der Waals surface area contributed by atoms with Crippen LogP contribution in [0.2, 0.25) is 0 Å². The molecular formula is C20H29FO. The molecule has 0 saturated carbocycles. The molecule has 0 aliphatic heterocycles. The maximum atomic E-state index is 14.3. The van der Waals surface area contributed by atoms with Gasteiger partial charge >= 0.3 is 0 Å². The zero-order valence-corrected chi connectivity index (χ0v) is 14.2. The smallest absolute Gasteiger partial charge is 0.133 e. The molecule has 0 radical (unpaired) electrons.